The number of H-pyrrole nitrogens is 1. The molecule has 3 aromatic rings. The maximum Gasteiger partial charge on any atom is 0.274 e. The minimum absolute atomic E-state index is 0.0754. The largest absolute Gasteiger partial charge is 0.368 e. The Labute approximate surface area is 166 Å². The summed E-state index contributed by atoms with van der Waals surface area (Å²) in [5, 5.41) is 3.84. The quantitative estimate of drug-likeness (QED) is 0.683. The molecule has 4 heterocycles. The van der Waals surface area contributed by atoms with E-state index in [1.165, 1.54) is 17.5 Å². The summed E-state index contributed by atoms with van der Waals surface area (Å²) in [4.78, 5) is 44.4. The number of nitrogens with one attached hydrogen (secondary N) is 2. The highest BCUT2D eigenvalue weighted by molar-refractivity contribution is 7.18. The molecule has 146 valence electrons. The van der Waals surface area contributed by atoms with E-state index in [1.54, 1.807) is 6.20 Å². The summed E-state index contributed by atoms with van der Waals surface area (Å²) in [6, 6.07) is 0. The lowest BCUT2D eigenvalue weighted by Gasteiger charge is -2.14. The molecule has 0 bridgehead atoms. The first-order valence-electron chi connectivity index (χ1n) is 9.37. The van der Waals surface area contributed by atoms with E-state index in [2.05, 4.69) is 25.3 Å². The van der Waals surface area contributed by atoms with Crippen LogP contribution in [-0.4, -0.2) is 50.4 Å². The van der Waals surface area contributed by atoms with Crippen molar-refractivity contribution in [3.8, 4) is 0 Å². The fraction of sp³-hybridized carbons (Fsp3) is 0.421. The molecular weight excluding hydrogens is 376 g/mol. The van der Waals surface area contributed by atoms with Crippen molar-refractivity contribution >= 4 is 33.3 Å². The van der Waals surface area contributed by atoms with Crippen molar-refractivity contribution < 1.29 is 4.79 Å². The molecule has 0 unspecified atom stereocenters. The molecule has 0 saturated carbocycles. The number of nitrogens with zero attached hydrogens (tertiary/aromatic N) is 4. The number of aromatic nitrogens is 4. The van der Waals surface area contributed by atoms with Gasteiger partial charge < -0.3 is 15.2 Å². The summed E-state index contributed by atoms with van der Waals surface area (Å²) >= 11 is 1.54. The summed E-state index contributed by atoms with van der Waals surface area (Å²) in [5.41, 5.74) is 1.25. The van der Waals surface area contributed by atoms with Crippen LogP contribution in [0.25, 0.3) is 10.2 Å². The lowest BCUT2D eigenvalue weighted by atomic mass is 10.2. The zero-order chi connectivity index (χ0) is 19.7. The Balaban J connectivity index is 1.43. The molecule has 2 N–H and O–H groups in total. The fourth-order valence-electron chi connectivity index (χ4n) is 3.36. The van der Waals surface area contributed by atoms with Crippen molar-refractivity contribution in [3.63, 3.8) is 0 Å². The second-order valence-corrected chi connectivity index (χ2v) is 8.14. The maximum atomic E-state index is 12.4. The highest BCUT2D eigenvalue weighted by Gasteiger charge is 2.21. The number of thiophene rings is 1. The third-order valence-electron chi connectivity index (χ3n) is 5.00. The van der Waals surface area contributed by atoms with Gasteiger partial charge in [-0.25, -0.2) is 9.97 Å². The number of anilines is 1. The Kier molecular flexibility index (Phi) is 5.08. The number of aryl methyl sites for hydroxylation is 2. The smallest absolute Gasteiger partial charge is 0.274 e. The lowest BCUT2D eigenvalue weighted by Crippen LogP contribution is -2.28. The van der Waals surface area contributed by atoms with Crippen molar-refractivity contribution in [2.24, 2.45) is 0 Å². The van der Waals surface area contributed by atoms with Gasteiger partial charge in [0.2, 0.25) is 0 Å². The molecule has 1 aliphatic rings. The standard InChI is InChI=1S/C19H22N6O2S/c1-11-12(2)28-18-16(11)17(26)23-14(24-18)5-6-21-15-10-20-9-13(22-15)19(27)25-7-3-4-8-25/h9-10H,3-8H2,1-2H3,(H,21,22)(H,23,24,26). The molecule has 0 spiro atoms. The average Bonchev–Trinajstić information content (AvgIpc) is 3.30. The van der Waals surface area contributed by atoms with E-state index in [-0.39, 0.29) is 11.5 Å². The molecule has 1 saturated heterocycles. The third kappa shape index (κ3) is 3.62. The fourth-order valence-corrected chi connectivity index (χ4v) is 4.41. The SMILES string of the molecule is Cc1sc2nc(CCNc3cncc(C(=O)N4CCCC4)n3)[nH]c(=O)c2c1C. The van der Waals surface area contributed by atoms with Crippen molar-refractivity contribution in [2.75, 3.05) is 25.0 Å². The van der Waals surface area contributed by atoms with Crippen LogP contribution in [0.1, 0.15) is 39.6 Å². The predicted molar refractivity (Wildman–Crippen MR) is 109 cm³/mol. The number of likely N-dealkylation sites (tertiary alicyclic amines) is 1. The summed E-state index contributed by atoms with van der Waals surface area (Å²) in [6.45, 7) is 6.02. The van der Waals surface area contributed by atoms with Crippen molar-refractivity contribution in [1.29, 1.82) is 0 Å². The summed E-state index contributed by atoms with van der Waals surface area (Å²) in [6.07, 6.45) is 5.70. The van der Waals surface area contributed by atoms with Gasteiger partial charge in [-0.15, -0.1) is 11.3 Å². The van der Waals surface area contributed by atoms with Crippen LogP contribution < -0.4 is 10.9 Å². The van der Waals surface area contributed by atoms with Gasteiger partial charge in [-0.05, 0) is 32.3 Å². The van der Waals surface area contributed by atoms with Crippen LogP contribution in [0.4, 0.5) is 5.82 Å². The number of hydrogen-bond acceptors (Lipinski definition) is 7. The summed E-state index contributed by atoms with van der Waals surface area (Å²) in [7, 11) is 0. The van der Waals surface area contributed by atoms with Gasteiger partial charge in [0.05, 0.1) is 17.8 Å². The van der Waals surface area contributed by atoms with Crippen LogP contribution in [0.5, 0.6) is 0 Å². The third-order valence-corrected chi connectivity index (χ3v) is 6.10. The van der Waals surface area contributed by atoms with Gasteiger partial charge in [-0.3, -0.25) is 14.6 Å². The monoisotopic (exact) mass is 398 g/mol. The first kappa shape index (κ1) is 18.5. The Hall–Kier alpha value is -2.81. The van der Waals surface area contributed by atoms with Crippen LogP contribution in [-0.2, 0) is 6.42 Å². The van der Waals surface area contributed by atoms with Crippen LogP contribution in [0.15, 0.2) is 17.2 Å². The summed E-state index contributed by atoms with van der Waals surface area (Å²) in [5.74, 6) is 1.09. The van der Waals surface area contributed by atoms with Crippen LogP contribution >= 0.6 is 11.3 Å². The number of aromatic amines is 1. The van der Waals surface area contributed by atoms with E-state index >= 15 is 0 Å². The Morgan fingerprint density at radius 3 is 2.82 bits per heavy atom. The summed E-state index contributed by atoms with van der Waals surface area (Å²) < 4.78 is 0. The zero-order valence-corrected chi connectivity index (χ0v) is 16.7. The van der Waals surface area contributed by atoms with Crippen molar-refractivity contribution in [2.45, 2.75) is 33.1 Å². The minimum atomic E-state index is -0.0974. The number of fused-ring (bicyclic) bond motifs is 1. The van der Waals surface area contributed by atoms with Gasteiger partial charge in [-0.1, -0.05) is 0 Å². The molecule has 0 radical (unpaired) electrons. The molecule has 0 aliphatic carbocycles. The first-order valence-corrected chi connectivity index (χ1v) is 10.2. The highest BCUT2D eigenvalue weighted by atomic mass is 32.1. The predicted octanol–water partition coefficient (Wildman–Crippen LogP) is 2.28. The molecule has 1 fully saturated rings. The normalized spacial score (nSPS) is 14.0. The van der Waals surface area contributed by atoms with E-state index in [4.69, 9.17) is 0 Å². The minimum Gasteiger partial charge on any atom is -0.368 e. The molecule has 3 aromatic heterocycles. The van der Waals surface area contributed by atoms with Crippen LogP contribution in [0.3, 0.4) is 0 Å². The Morgan fingerprint density at radius 1 is 1.25 bits per heavy atom. The van der Waals surface area contributed by atoms with Gasteiger partial charge >= 0.3 is 0 Å². The maximum absolute atomic E-state index is 12.4. The van der Waals surface area contributed by atoms with E-state index in [9.17, 15) is 9.59 Å². The number of rotatable bonds is 5. The molecule has 28 heavy (non-hydrogen) atoms. The number of amides is 1. The number of hydrogen-bond donors (Lipinski definition) is 2. The number of carbonyl (C=O) groups excluding carboxylic acids is 1. The molecule has 0 aromatic carbocycles. The molecule has 8 nitrogen and oxygen atoms in total. The van der Waals surface area contributed by atoms with Gasteiger partial charge in [-0.2, -0.15) is 0 Å². The molecule has 9 heteroatoms. The molecule has 1 amide bonds. The molecular formula is C19H22N6O2S. The van der Waals surface area contributed by atoms with E-state index in [0.29, 0.717) is 35.7 Å². The topological polar surface area (TPSA) is 104 Å². The van der Waals surface area contributed by atoms with Crippen molar-refractivity contribution in [1.82, 2.24) is 24.8 Å². The first-order chi connectivity index (χ1) is 13.5. The second-order valence-electron chi connectivity index (χ2n) is 6.94. The molecule has 0 atom stereocenters. The van der Waals surface area contributed by atoms with Gasteiger partial charge in [0.15, 0.2) is 0 Å². The van der Waals surface area contributed by atoms with Crippen molar-refractivity contribution in [3.05, 3.63) is 44.7 Å². The Morgan fingerprint density at radius 2 is 2.04 bits per heavy atom. The molecule has 1 aliphatic heterocycles. The van der Waals surface area contributed by atoms with E-state index < -0.39 is 0 Å². The lowest BCUT2D eigenvalue weighted by molar-refractivity contribution is 0.0786. The second kappa shape index (κ2) is 7.67. The van der Waals surface area contributed by atoms with Gasteiger partial charge in [0.25, 0.3) is 11.5 Å². The molecule has 4 rings (SSSR count). The average molecular weight is 398 g/mol. The van der Waals surface area contributed by atoms with Crippen LogP contribution in [0.2, 0.25) is 0 Å². The van der Waals surface area contributed by atoms with E-state index in [1.807, 2.05) is 18.7 Å². The number of carbonyl (C=O) groups is 1. The van der Waals surface area contributed by atoms with Crippen LogP contribution in [0, 0.1) is 13.8 Å². The highest BCUT2D eigenvalue weighted by Crippen LogP contribution is 2.25. The zero-order valence-electron chi connectivity index (χ0n) is 15.9. The Bertz CT molecular complexity index is 1080. The van der Waals surface area contributed by atoms with E-state index in [0.717, 1.165) is 41.2 Å². The van der Waals surface area contributed by atoms with Gasteiger partial charge in [0.1, 0.15) is 22.2 Å². The van der Waals surface area contributed by atoms with Gasteiger partial charge in [0, 0.05) is 30.9 Å².